The Kier molecular flexibility index (Phi) is 7.52. The van der Waals surface area contributed by atoms with Gasteiger partial charge in [0.2, 0.25) is 23.6 Å². The first-order valence-corrected chi connectivity index (χ1v) is 8.88. The second-order valence-corrected chi connectivity index (χ2v) is 6.48. The quantitative estimate of drug-likeness (QED) is 0.275. The Morgan fingerprint density at radius 3 is 2.38 bits per heavy atom. The summed E-state index contributed by atoms with van der Waals surface area (Å²) in [6, 6.07) is 4.25. The van der Waals surface area contributed by atoms with E-state index in [1.165, 1.54) is 12.1 Å². The highest BCUT2D eigenvalue weighted by atomic mass is 16.4. The predicted molar refractivity (Wildman–Crippen MR) is 98.6 cm³/mol. The standard InChI is InChI=1S/C18H22N4O7/c23-11-3-1-10(2-4-11)7-13(22-18(29)12-5-6-14(24)21-12)17(28)20-8-15(25)19-9-16(26)27/h1-4,12-13,23H,5-9H2,(H,19,25)(H,20,28)(H,21,24)(H,22,29)(H,26,27)/t12-,13-/m0/s1. The number of carbonyl (C=O) groups excluding carboxylic acids is 4. The molecule has 1 aromatic rings. The summed E-state index contributed by atoms with van der Waals surface area (Å²) in [4.78, 5) is 58.2. The van der Waals surface area contributed by atoms with Crippen LogP contribution in [0.1, 0.15) is 18.4 Å². The monoisotopic (exact) mass is 406 g/mol. The van der Waals surface area contributed by atoms with Crippen LogP contribution in [0.3, 0.4) is 0 Å². The molecule has 11 nitrogen and oxygen atoms in total. The van der Waals surface area contributed by atoms with Crippen LogP contribution in [0.15, 0.2) is 24.3 Å². The molecule has 2 rings (SSSR count). The van der Waals surface area contributed by atoms with Gasteiger partial charge in [0.1, 0.15) is 24.4 Å². The van der Waals surface area contributed by atoms with Gasteiger partial charge in [0, 0.05) is 12.8 Å². The van der Waals surface area contributed by atoms with Gasteiger partial charge in [0.15, 0.2) is 0 Å². The Hall–Kier alpha value is -3.63. The van der Waals surface area contributed by atoms with E-state index in [1.54, 1.807) is 12.1 Å². The molecule has 0 bridgehead atoms. The molecule has 11 heteroatoms. The molecule has 1 heterocycles. The molecule has 1 aliphatic rings. The number of benzene rings is 1. The van der Waals surface area contributed by atoms with Gasteiger partial charge in [-0.25, -0.2) is 0 Å². The van der Waals surface area contributed by atoms with Gasteiger partial charge in [-0.15, -0.1) is 0 Å². The maximum Gasteiger partial charge on any atom is 0.322 e. The molecule has 6 N–H and O–H groups in total. The van der Waals surface area contributed by atoms with Crippen molar-refractivity contribution >= 4 is 29.6 Å². The lowest BCUT2D eigenvalue weighted by atomic mass is 10.0. The highest BCUT2D eigenvalue weighted by Crippen LogP contribution is 2.12. The van der Waals surface area contributed by atoms with Gasteiger partial charge in [-0.3, -0.25) is 24.0 Å². The van der Waals surface area contributed by atoms with Crippen molar-refractivity contribution in [1.82, 2.24) is 21.3 Å². The lowest BCUT2D eigenvalue weighted by molar-refractivity contribution is -0.138. The summed E-state index contributed by atoms with van der Waals surface area (Å²) in [6.07, 6.45) is 0.613. The van der Waals surface area contributed by atoms with Gasteiger partial charge in [0.05, 0.1) is 6.54 Å². The first kappa shape index (κ1) is 21.7. The number of rotatable bonds is 9. The predicted octanol–water partition coefficient (Wildman–Crippen LogP) is -1.98. The van der Waals surface area contributed by atoms with Gasteiger partial charge in [-0.1, -0.05) is 12.1 Å². The Morgan fingerprint density at radius 1 is 1.10 bits per heavy atom. The molecule has 0 radical (unpaired) electrons. The van der Waals surface area contributed by atoms with Gasteiger partial charge in [0.25, 0.3) is 0 Å². The van der Waals surface area contributed by atoms with Crippen LogP contribution >= 0.6 is 0 Å². The van der Waals surface area contributed by atoms with Crippen LogP contribution < -0.4 is 21.3 Å². The van der Waals surface area contributed by atoms with Crippen molar-refractivity contribution in [3.05, 3.63) is 29.8 Å². The number of carboxylic acids is 1. The first-order valence-electron chi connectivity index (χ1n) is 8.88. The van der Waals surface area contributed by atoms with E-state index in [0.29, 0.717) is 12.0 Å². The number of hydrogen-bond donors (Lipinski definition) is 6. The van der Waals surface area contributed by atoms with Crippen LogP contribution in [0, 0.1) is 0 Å². The van der Waals surface area contributed by atoms with E-state index < -0.39 is 48.9 Å². The van der Waals surface area contributed by atoms with E-state index in [0.717, 1.165) is 0 Å². The number of aliphatic carboxylic acids is 1. The molecule has 0 spiro atoms. The smallest absolute Gasteiger partial charge is 0.322 e. The number of carbonyl (C=O) groups is 5. The molecule has 0 aromatic heterocycles. The topological polar surface area (TPSA) is 174 Å². The average molecular weight is 406 g/mol. The minimum atomic E-state index is -1.22. The van der Waals surface area contributed by atoms with Crippen LogP contribution in [0.5, 0.6) is 5.75 Å². The summed E-state index contributed by atoms with van der Waals surface area (Å²) in [5.41, 5.74) is 0.647. The number of hydrogen-bond acceptors (Lipinski definition) is 6. The number of carboxylic acid groups (broad SMARTS) is 1. The molecular weight excluding hydrogens is 384 g/mol. The Bertz CT molecular complexity index is 794. The van der Waals surface area contributed by atoms with Gasteiger partial charge in [-0.2, -0.15) is 0 Å². The van der Waals surface area contributed by atoms with E-state index in [-0.39, 0.29) is 24.5 Å². The van der Waals surface area contributed by atoms with Gasteiger partial charge < -0.3 is 31.5 Å². The highest BCUT2D eigenvalue weighted by molar-refractivity contribution is 5.95. The van der Waals surface area contributed by atoms with Crippen molar-refractivity contribution in [3.8, 4) is 5.75 Å². The zero-order valence-electron chi connectivity index (χ0n) is 15.4. The second-order valence-electron chi connectivity index (χ2n) is 6.48. The fourth-order valence-corrected chi connectivity index (χ4v) is 2.69. The zero-order valence-corrected chi connectivity index (χ0v) is 15.4. The summed E-state index contributed by atoms with van der Waals surface area (Å²) in [5.74, 6) is -3.30. The molecule has 156 valence electrons. The number of aromatic hydroxyl groups is 1. The van der Waals surface area contributed by atoms with Crippen molar-refractivity contribution in [1.29, 1.82) is 0 Å². The van der Waals surface area contributed by atoms with E-state index in [9.17, 15) is 29.1 Å². The minimum absolute atomic E-state index is 0.0440. The van der Waals surface area contributed by atoms with Crippen molar-refractivity contribution in [3.63, 3.8) is 0 Å². The lowest BCUT2D eigenvalue weighted by Gasteiger charge is -2.20. The van der Waals surface area contributed by atoms with Crippen molar-refractivity contribution < 1.29 is 34.2 Å². The maximum absolute atomic E-state index is 12.5. The van der Waals surface area contributed by atoms with Gasteiger partial charge in [-0.05, 0) is 24.1 Å². The first-order chi connectivity index (χ1) is 13.7. The molecular formula is C18H22N4O7. The number of amides is 4. The maximum atomic E-state index is 12.5. The normalized spacial score (nSPS) is 16.4. The molecule has 0 aliphatic carbocycles. The molecule has 4 amide bonds. The van der Waals surface area contributed by atoms with Crippen LogP contribution in [0.2, 0.25) is 0 Å². The fraction of sp³-hybridized carbons (Fsp3) is 0.389. The molecule has 1 aromatic carbocycles. The highest BCUT2D eigenvalue weighted by Gasteiger charge is 2.30. The summed E-state index contributed by atoms with van der Waals surface area (Å²) < 4.78 is 0. The third-order valence-corrected chi connectivity index (χ3v) is 4.18. The molecule has 1 aliphatic heterocycles. The number of phenolic OH excluding ortho intramolecular Hbond substituents is 1. The number of nitrogens with one attached hydrogen (secondary N) is 4. The number of phenols is 1. The Labute approximate surface area is 165 Å². The van der Waals surface area contributed by atoms with E-state index in [1.807, 2.05) is 0 Å². The fourth-order valence-electron chi connectivity index (χ4n) is 2.69. The van der Waals surface area contributed by atoms with Crippen LogP contribution in [0.25, 0.3) is 0 Å². The van der Waals surface area contributed by atoms with E-state index >= 15 is 0 Å². The molecule has 1 saturated heterocycles. The third kappa shape index (κ3) is 7.13. The molecule has 1 fully saturated rings. The lowest BCUT2D eigenvalue weighted by Crippen LogP contribution is -2.53. The molecule has 0 unspecified atom stereocenters. The zero-order chi connectivity index (χ0) is 21.4. The van der Waals surface area contributed by atoms with Crippen LogP contribution in [0.4, 0.5) is 0 Å². The Balaban J connectivity index is 2.00. The van der Waals surface area contributed by atoms with Crippen molar-refractivity contribution in [2.75, 3.05) is 13.1 Å². The molecule has 2 atom stereocenters. The van der Waals surface area contributed by atoms with Crippen molar-refractivity contribution in [2.24, 2.45) is 0 Å². The van der Waals surface area contributed by atoms with Crippen LogP contribution in [-0.4, -0.2) is 65.0 Å². The second kappa shape index (κ2) is 10.1. The summed E-state index contributed by atoms with van der Waals surface area (Å²) in [5, 5.41) is 27.4. The van der Waals surface area contributed by atoms with Gasteiger partial charge >= 0.3 is 5.97 Å². The SMILES string of the molecule is O=C(O)CNC(=O)CNC(=O)[C@H](Cc1ccc(O)cc1)NC(=O)[C@@H]1CCC(=O)N1. The third-order valence-electron chi connectivity index (χ3n) is 4.18. The average Bonchev–Trinajstić information content (AvgIpc) is 3.12. The molecule has 0 saturated carbocycles. The summed E-state index contributed by atoms with van der Waals surface area (Å²) in [7, 11) is 0. The van der Waals surface area contributed by atoms with Crippen molar-refractivity contribution in [2.45, 2.75) is 31.3 Å². The Morgan fingerprint density at radius 2 is 1.79 bits per heavy atom. The van der Waals surface area contributed by atoms with E-state index in [4.69, 9.17) is 5.11 Å². The van der Waals surface area contributed by atoms with Crippen LogP contribution in [-0.2, 0) is 30.4 Å². The minimum Gasteiger partial charge on any atom is -0.508 e. The van der Waals surface area contributed by atoms with E-state index in [2.05, 4.69) is 21.3 Å². The summed E-state index contributed by atoms with van der Waals surface area (Å²) in [6.45, 7) is -1.04. The largest absolute Gasteiger partial charge is 0.508 e. The molecule has 29 heavy (non-hydrogen) atoms. The summed E-state index contributed by atoms with van der Waals surface area (Å²) >= 11 is 0.